The number of methoxy groups -OCH3 is 1. The molecule has 0 aliphatic heterocycles. The molecule has 166 valence electrons. The summed E-state index contributed by atoms with van der Waals surface area (Å²) in [4.78, 5) is 23.4. The molecular weight excluding hydrogens is 432 g/mol. The number of para-hydroxylation sites is 2. The van der Waals surface area contributed by atoms with Crippen LogP contribution in [-0.2, 0) is 14.8 Å². The van der Waals surface area contributed by atoms with Crippen LogP contribution in [0, 0.1) is 30.9 Å². The van der Waals surface area contributed by atoms with Crippen LogP contribution in [0.5, 0.6) is 0 Å². The minimum Gasteiger partial charge on any atom is -0.465 e. The van der Waals surface area contributed by atoms with Crippen molar-refractivity contribution < 1.29 is 22.9 Å². The van der Waals surface area contributed by atoms with Gasteiger partial charge in [-0.15, -0.1) is 0 Å². The van der Waals surface area contributed by atoms with Crippen LogP contribution in [0.4, 0.5) is 17.1 Å². The molecule has 0 amide bonds. The highest BCUT2D eigenvalue weighted by molar-refractivity contribution is 7.93. The maximum Gasteiger partial charge on any atom is 0.338 e. The summed E-state index contributed by atoms with van der Waals surface area (Å²) in [6.07, 6.45) is 0. The molecule has 32 heavy (non-hydrogen) atoms. The van der Waals surface area contributed by atoms with E-state index in [1.807, 2.05) is 6.92 Å². The number of ether oxygens (including phenoxy) is 1. The van der Waals surface area contributed by atoms with Crippen LogP contribution in [-0.4, -0.2) is 26.4 Å². The van der Waals surface area contributed by atoms with E-state index in [1.165, 1.54) is 43.5 Å². The van der Waals surface area contributed by atoms with Gasteiger partial charge in [-0.05, 0) is 62.2 Å². The SMILES string of the molecule is COC(=O)c1cc(C)cc(N(c2ccccc2[N+](=O)[O-])S(=O)(=O)c2ccc(C)cc2)c1C. The minimum absolute atomic E-state index is 0.0400. The number of hydrogen-bond donors (Lipinski definition) is 0. The van der Waals surface area contributed by atoms with E-state index in [9.17, 15) is 23.3 Å². The van der Waals surface area contributed by atoms with Crippen LogP contribution >= 0.6 is 0 Å². The molecule has 0 spiro atoms. The van der Waals surface area contributed by atoms with Crippen LogP contribution in [0.3, 0.4) is 0 Å². The number of anilines is 2. The van der Waals surface area contributed by atoms with E-state index in [0.29, 0.717) is 11.1 Å². The first-order valence-corrected chi connectivity index (χ1v) is 11.1. The van der Waals surface area contributed by atoms with Gasteiger partial charge in [0.1, 0.15) is 5.69 Å². The molecule has 0 aliphatic rings. The smallest absolute Gasteiger partial charge is 0.338 e. The number of hydrogen-bond acceptors (Lipinski definition) is 6. The van der Waals surface area contributed by atoms with Crippen molar-refractivity contribution in [2.75, 3.05) is 11.4 Å². The predicted molar refractivity (Wildman–Crippen MR) is 121 cm³/mol. The van der Waals surface area contributed by atoms with Gasteiger partial charge in [0.15, 0.2) is 0 Å². The minimum atomic E-state index is -4.29. The molecule has 0 fully saturated rings. The molecule has 3 aromatic carbocycles. The van der Waals surface area contributed by atoms with Gasteiger partial charge < -0.3 is 4.74 Å². The van der Waals surface area contributed by atoms with Gasteiger partial charge in [0.05, 0.1) is 28.2 Å². The first kappa shape index (κ1) is 23.0. The number of carbonyl (C=O) groups excluding carboxylic acids is 1. The Labute approximate surface area is 186 Å². The maximum absolute atomic E-state index is 13.8. The average Bonchev–Trinajstić information content (AvgIpc) is 2.75. The van der Waals surface area contributed by atoms with E-state index in [1.54, 1.807) is 38.1 Å². The van der Waals surface area contributed by atoms with Crippen LogP contribution in [0.15, 0.2) is 65.6 Å². The topological polar surface area (TPSA) is 107 Å². The summed E-state index contributed by atoms with van der Waals surface area (Å²) >= 11 is 0. The van der Waals surface area contributed by atoms with E-state index in [4.69, 9.17) is 4.74 Å². The third-order valence-corrected chi connectivity index (χ3v) is 6.75. The van der Waals surface area contributed by atoms with E-state index < -0.39 is 20.9 Å². The Kier molecular flexibility index (Phi) is 6.31. The number of aryl methyl sites for hydroxylation is 2. The quantitative estimate of drug-likeness (QED) is 0.300. The van der Waals surface area contributed by atoms with Crippen molar-refractivity contribution in [3.8, 4) is 0 Å². The maximum atomic E-state index is 13.8. The second-order valence-electron chi connectivity index (χ2n) is 7.28. The molecule has 3 rings (SSSR count). The van der Waals surface area contributed by atoms with Gasteiger partial charge in [-0.2, -0.15) is 0 Å². The average molecular weight is 455 g/mol. The predicted octanol–water partition coefficient (Wildman–Crippen LogP) is 4.83. The molecule has 0 aliphatic carbocycles. The molecule has 0 saturated heterocycles. The largest absolute Gasteiger partial charge is 0.465 e. The lowest BCUT2D eigenvalue weighted by Crippen LogP contribution is -2.28. The van der Waals surface area contributed by atoms with Gasteiger partial charge in [-0.3, -0.25) is 10.1 Å². The van der Waals surface area contributed by atoms with Crippen molar-refractivity contribution in [2.24, 2.45) is 0 Å². The molecule has 0 aromatic heterocycles. The zero-order valence-corrected chi connectivity index (χ0v) is 18.8. The fraction of sp³-hybridized carbons (Fsp3) is 0.174. The summed E-state index contributed by atoms with van der Waals surface area (Å²) in [5.41, 5.74) is 1.54. The standard InChI is InChI=1S/C23H22N2O6S/c1-15-9-11-18(12-10-15)32(29,30)24(20-7-5-6-8-21(20)25(27)28)22-14-16(2)13-19(17(22)3)23(26)31-4/h5-14H,1-4H3. The molecule has 3 aromatic rings. The number of nitro benzene ring substituents is 1. The fourth-order valence-corrected chi connectivity index (χ4v) is 4.92. The Bertz CT molecular complexity index is 1300. The number of nitro groups is 1. The van der Waals surface area contributed by atoms with Gasteiger partial charge in [0.25, 0.3) is 15.7 Å². The highest BCUT2D eigenvalue weighted by Gasteiger charge is 2.33. The van der Waals surface area contributed by atoms with E-state index in [2.05, 4.69) is 0 Å². The first-order valence-electron chi connectivity index (χ1n) is 9.63. The fourth-order valence-electron chi connectivity index (χ4n) is 3.37. The number of sulfonamides is 1. The van der Waals surface area contributed by atoms with E-state index >= 15 is 0 Å². The van der Waals surface area contributed by atoms with E-state index in [-0.39, 0.29) is 27.5 Å². The van der Waals surface area contributed by atoms with Crippen LogP contribution in [0.25, 0.3) is 0 Å². The number of benzene rings is 3. The highest BCUT2D eigenvalue weighted by atomic mass is 32.2. The third-order valence-electron chi connectivity index (χ3n) is 5.01. The van der Waals surface area contributed by atoms with Crippen LogP contribution < -0.4 is 4.31 Å². The van der Waals surface area contributed by atoms with Crippen molar-refractivity contribution in [1.29, 1.82) is 0 Å². The van der Waals surface area contributed by atoms with Gasteiger partial charge in [0.2, 0.25) is 0 Å². The zero-order chi connectivity index (χ0) is 23.6. The zero-order valence-electron chi connectivity index (χ0n) is 18.0. The summed E-state index contributed by atoms with van der Waals surface area (Å²) in [5.74, 6) is -0.636. The van der Waals surface area contributed by atoms with Crippen LogP contribution in [0.1, 0.15) is 27.0 Å². The third kappa shape index (κ3) is 4.19. The number of esters is 1. The molecule has 0 bridgehead atoms. The summed E-state index contributed by atoms with van der Waals surface area (Å²) < 4.78 is 33.4. The Hall–Kier alpha value is -3.72. The van der Waals surface area contributed by atoms with Crippen molar-refractivity contribution in [1.82, 2.24) is 0 Å². The molecule has 0 heterocycles. The molecule has 0 N–H and O–H groups in total. The Morgan fingerprint density at radius 3 is 2.16 bits per heavy atom. The van der Waals surface area contributed by atoms with Crippen molar-refractivity contribution in [3.63, 3.8) is 0 Å². The molecule has 0 radical (unpaired) electrons. The molecule has 0 atom stereocenters. The molecule has 0 saturated carbocycles. The Morgan fingerprint density at radius 1 is 0.938 bits per heavy atom. The molecule has 9 heteroatoms. The van der Waals surface area contributed by atoms with Gasteiger partial charge in [0, 0.05) is 6.07 Å². The summed E-state index contributed by atoms with van der Waals surface area (Å²) in [6, 6.07) is 14.9. The van der Waals surface area contributed by atoms with E-state index in [0.717, 1.165) is 9.87 Å². The van der Waals surface area contributed by atoms with Crippen molar-refractivity contribution in [3.05, 3.63) is 93.0 Å². The lowest BCUT2D eigenvalue weighted by molar-refractivity contribution is -0.384. The summed E-state index contributed by atoms with van der Waals surface area (Å²) in [7, 11) is -3.06. The van der Waals surface area contributed by atoms with Crippen molar-refractivity contribution >= 4 is 33.1 Å². The highest BCUT2D eigenvalue weighted by Crippen LogP contribution is 2.40. The Balaban J connectivity index is 2.41. The number of nitrogens with zero attached hydrogens (tertiary/aromatic N) is 2. The normalized spacial score (nSPS) is 11.1. The monoisotopic (exact) mass is 454 g/mol. The summed E-state index contributed by atoms with van der Waals surface area (Å²) in [5, 5.41) is 11.7. The lowest BCUT2D eigenvalue weighted by Gasteiger charge is -2.27. The van der Waals surface area contributed by atoms with Crippen LogP contribution in [0.2, 0.25) is 0 Å². The Morgan fingerprint density at radius 2 is 1.56 bits per heavy atom. The van der Waals surface area contributed by atoms with Gasteiger partial charge in [-0.25, -0.2) is 17.5 Å². The molecule has 0 unspecified atom stereocenters. The molecule has 8 nitrogen and oxygen atoms in total. The number of carbonyl (C=O) groups is 1. The second kappa shape index (κ2) is 8.80. The molecular formula is C23H22N2O6S. The van der Waals surface area contributed by atoms with Crippen molar-refractivity contribution in [2.45, 2.75) is 25.7 Å². The summed E-state index contributed by atoms with van der Waals surface area (Å²) in [6.45, 7) is 5.10. The second-order valence-corrected chi connectivity index (χ2v) is 9.06. The first-order chi connectivity index (χ1) is 15.1. The lowest BCUT2D eigenvalue weighted by atomic mass is 10.0. The van der Waals surface area contributed by atoms with Gasteiger partial charge in [-0.1, -0.05) is 29.8 Å². The number of rotatable bonds is 6. The van der Waals surface area contributed by atoms with Gasteiger partial charge >= 0.3 is 5.97 Å².